The first-order valence-electron chi connectivity index (χ1n) is 5.96. The van der Waals surface area contributed by atoms with Crippen LogP contribution in [0.4, 0.5) is 10.5 Å². The van der Waals surface area contributed by atoms with Crippen molar-refractivity contribution in [3.8, 4) is 12.3 Å². The summed E-state index contributed by atoms with van der Waals surface area (Å²) in [4.78, 5) is 10.7. The van der Waals surface area contributed by atoms with Gasteiger partial charge in [-0.15, -0.1) is 12.3 Å². The SMILES string of the molecule is C#CCCCNC(C)c1ccc(NC(N)=O)cc1. The van der Waals surface area contributed by atoms with Crippen molar-refractivity contribution in [2.24, 2.45) is 5.73 Å². The molecular weight excluding hydrogens is 226 g/mol. The summed E-state index contributed by atoms with van der Waals surface area (Å²) in [6.45, 7) is 2.99. The highest BCUT2D eigenvalue weighted by molar-refractivity contribution is 5.87. The molecule has 0 saturated heterocycles. The number of rotatable bonds is 6. The fraction of sp³-hybridized carbons (Fsp3) is 0.357. The maximum Gasteiger partial charge on any atom is 0.316 e. The molecule has 0 saturated carbocycles. The molecular formula is C14H19N3O. The van der Waals surface area contributed by atoms with Gasteiger partial charge in [-0.3, -0.25) is 0 Å². The number of unbranched alkanes of at least 4 members (excludes halogenated alkanes) is 1. The maximum absolute atomic E-state index is 10.7. The summed E-state index contributed by atoms with van der Waals surface area (Å²) in [6.07, 6.45) is 6.96. The molecule has 4 nitrogen and oxygen atoms in total. The van der Waals surface area contributed by atoms with Gasteiger partial charge in [0, 0.05) is 18.2 Å². The van der Waals surface area contributed by atoms with Crippen molar-refractivity contribution in [1.82, 2.24) is 5.32 Å². The molecule has 2 amide bonds. The van der Waals surface area contributed by atoms with E-state index in [1.807, 2.05) is 24.3 Å². The Morgan fingerprint density at radius 1 is 1.44 bits per heavy atom. The topological polar surface area (TPSA) is 67.2 Å². The largest absolute Gasteiger partial charge is 0.351 e. The van der Waals surface area contributed by atoms with Crippen molar-refractivity contribution in [2.75, 3.05) is 11.9 Å². The number of primary amides is 1. The minimum atomic E-state index is -0.553. The number of urea groups is 1. The number of hydrogen-bond acceptors (Lipinski definition) is 2. The van der Waals surface area contributed by atoms with Gasteiger partial charge < -0.3 is 16.4 Å². The Kier molecular flexibility index (Phi) is 5.75. The molecule has 1 unspecified atom stereocenters. The van der Waals surface area contributed by atoms with E-state index in [-0.39, 0.29) is 6.04 Å². The van der Waals surface area contributed by atoms with Crippen molar-refractivity contribution >= 4 is 11.7 Å². The van der Waals surface area contributed by atoms with Gasteiger partial charge in [-0.1, -0.05) is 12.1 Å². The summed E-state index contributed by atoms with van der Waals surface area (Å²) in [5, 5.41) is 5.91. The zero-order chi connectivity index (χ0) is 13.4. The van der Waals surface area contributed by atoms with Crippen LogP contribution in [-0.2, 0) is 0 Å². The first-order valence-corrected chi connectivity index (χ1v) is 5.96. The molecule has 0 aliphatic heterocycles. The fourth-order valence-electron chi connectivity index (χ4n) is 1.62. The molecule has 0 bridgehead atoms. The van der Waals surface area contributed by atoms with Crippen LogP contribution in [0.5, 0.6) is 0 Å². The van der Waals surface area contributed by atoms with Crippen LogP contribution in [0.15, 0.2) is 24.3 Å². The molecule has 1 aromatic rings. The fourth-order valence-corrected chi connectivity index (χ4v) is 1.62. The number of nitrogens with one attached hydrogen (secondary N) is 2. The van der Waals surface area contributed by atoms with Crippen molar-refractivity contribution in [2.45, 2.75) is 25.8 Å². The number of amides is 2. The van der Waals surface area contributed by atoms with Gasteiger partial charge in [0.15, 0.2) is 0 Å². The van der Waals surface area contributed by atoms with E-state index in [9.17, 15) is 4.79 Å². The second-order valence-electron chi connectivity index (χ2n) is 4.09. The lowest BCUT2D eigenvalue weighted by Crippen LogP contribution is -2.20. The molecule has 0 radical (unpaired) electrons. The summed E-state index contributed by atoms with van der Waals surface area (Å²) in [5.41, 5.74) is 6.90. The van der Waals surface area contributed by atoms with Crippen molar-refractivity contribution < 1.29 is 4.79 Å². The quantitative estimate of drug-likeness (QED) is 0.531. The number of carbonyl (C=O) groups is 1. The van der Waals surface area contributed by atoms with Crippen LogP contribution >= 0.6 is 0 Å². The Morgan fingerprint density at radius 3 is 2.67 bits per heavy atom. The Labute approximate surface area is 108 Å². The highest BCUT2D eigenvalue weighted by Gasteiger charge is 2.04. The molecule has 0 aromatic heterocycles. The first-order chi connectivity index (χ1) is 8.63. The average molecular weight is 245 g/mol. The van der Waals surface area contributed by atoms with Crippen LogP contribution in [0.2, 0.25) is 0 Å². The highest BCUT2D eigenvalue weighted by atomic mass is 16.2. The molecule has 18 heavy (non-hydrogen) atoms. The van der Waals surface area contributed by atoms with Gasteiger partial charge in [-0.25, -0.2) is 4.79 Å². The summed E-state index contributed by atoms with van der Waals surface area (Å²) in [6, 6.07) is 7.29. The van der Waals surface area contributed by atoms with Gasteiger partial charge in [0.1, 0.15) is 0 Å². The van der Waals surface area contributed by atoms with Gasteiger partial charge in [0.05, 0.1) is 0 Å². The van der Waals surface area contributed by atoms with E-state index in [0.717, 1.165) is 24.9 Å². The van der Waals surface area contributed by atoms with Crippen molar-refractivity contribution in [3.63, 3.8) is 0 Å². The van der Waals surface area contributed by atoms with Crippen LogP contribution in [0.3, 0.4) is 0 Å². The molecule has 96 valence electrons. The lowest BCUT2D eigenvalue weighted by atomic mass is 10.1. The van der Waals surface area contributed by atoms with E-state index in [4.69, 9.17) is 12.2 Å². The smallest absolute Gasteiger partial charge is 0.316 e. The number of hydrogen-bond donors (Lipinski definition) is 3. The normalized spacial score (nSPS) is 11.6. The van der Waals surface area contributed by atoms with Crippen LogP contribution in [-0.4, -0.2) is 12.6 Å². The molecule has 4 N–H and O–H groups in total. The monoisotopic (exact) mass is 245 g/mol. The zero-order valence-corrected chi connectivity index (χ0v) is 10.6. The molecule has 0 spiro atoms. The van der Waals surface area contributed by atoms with Crippen LogP contribution in [0.25, 0.3) is 0 Å². The minimum absolute atomic E-state index is 0.255. The van der Waals surface area contributed by atoms with E-state index in [1.165, 1.54) is 0 Å². The van der Waals surface area contributed by atoms with E-state index in [1.54, 1.807) is 0 Å². The summed E-state index contributed by atoms with van der Waals surface area (Å²) >= 11 is 0. The lowest BCUT2D eigenvalue weighted by Gasteiger charge is -2.14. The van der Waals surface area contributed by atoms with Gasteiger partial charge >= 0.3 is 6.03 Å². The van der Waals surface area contributed by atoms with Crippen LogP contribution < -0.4 is 16.4 Å². The predicted molar refractivity (Wildman–Crippen MR) is 74.1 cm³/mol. The summed E-state index contributed by atoms with van der Waals surface area (Å²) < 4.78 is 0. The third kappa shape index (κ3) is 4.89. The van der Waals surface area contributed by atoms with Crippen molar-refractivity contribution in [3.05, 3.63) is 29.8 Å². The number of carbonyl (C=O) groups excluding carboxylic acids is 1. The Morgan fingerprint density at radius 2 is 2.11 bits per heavy atom. The highest BCUT2D eigenvalue weighted by Crippen LogP contribution is 2.15. The molecule has 0 aliphatic rings. The summed E-state index contributed by atoms with van der Waals surface area (Å²) in [5.74, 6) is 2.61. The van der Waals surface area contributed by atoms with E-state index in [0.29, 0.717) is 5.69 Å². The molecule has 1 aromatic carbocycles. The van der Waals surface area contributed by atoms with E-state index in [2.05, 4.69) is 23.5 Å². The third-order valence-corrected chi connectivity index (χ3v) is 2.63. The second kappa shape index (κ2) is 7.36. The number of anilines is 1. The zero-order valence-electron chi connectivity index (χ0n) is 10.6. The lowest BCUT2D eigenvalue weighted by molar-refractivity contribution is 0.259. The molecule has 1 rings (SSSR count). The number of benzene rings is 1. The average Bonchev–Trinajstić information content (AvgIpc) is 2.34. The molecule has 4 heteroatoms. The van der Waals surface area contributed by atoms with Crippen LogP contribution in [0, 0.1) is 12.3 Å². The predicted octanol–water partition coefficient (Wildman–Crippen LogP) is 2.24. The molecule has 0 fully saturated rings. The molecule has 0 heterocycles. The van der Waals surface area contributed by atoms with Crippen molar-refractivity contribution in [1.29, 1.82) is 0 Å². The standard InChI is InChI=1S/C14H19N3O/c1-3-4-5-10-16-11(2)12-6-8-13(9-7-12)17-14(15)18/h1,6-9,11,16H,4-5,10H2,2H3,(H3,15,17,18). The Bertz CT molecular complexity index is 420. The third-order valence-electron chi connectivity index (χ3n) is 2.63. The number of terminal acetylenes is 1. The number of nitrogens with two attached hydrogens (primary N) is 1. The second-order valence-corrected chi connectivity index (χ2v) is 4.09. The van der Waals surface area contributed by atoms with Gasteiger partial charge in [0.25, 0.3) is 0 Å². The summed E-state index contributed by atoms with van der Waals surface area (Å²) in [7, 11) is 0. The molecule has 1 atom stereocenters. The van der Waals surface area contributed by atoms with Gasteiger partial charge in [0.2, 0.25) is 0 Å². The first kappa shape index (κ1) is 14.1. The van der Waals surface area contributed by atoms with E-state index < -0.39 is 6.03 Å². The molecule has 0 aliphatic carbocycles. The Balaban J connectivity index is 2.46. The van der Waals surface area contributed by atoms with Crippen LogP contribution in [0.1, 0.15) is 31.4 Å². The maximum atomic E-state index is 10.7. The van der Waals surface area contributed by atoms with Gasteiger partial charge in [-0.05, 0) is 37.6 Å². The van der Waals surface area contributed by atoms with E-state index >= 15 is 0 Å². The van der Waals surface area contributed by atoms with Gasteiger partial charge in [-0.2, -0.15) is 0 Å². The minimum Gasteiger partial charge on any atom is -0.351 e. The Hall–Kier alpha value is -1.99.